The molecule has 1 aromatic rings. The molecular formula is C12H10BrF3O2. The van der Waals surface area contributed by atoms with Crippen LogP contribution >= 0.6 is 15.9 Å². The number of alkyl halides is 3. The van der Waals surface area contributed by atoms with Gasteiger partial charge in [-0.25, -0.2) is 4.79 Å². The van der Waals surface area contributed by atoms with Gasteiger partial charge in [0.15, 0.2) is 0 Å². The summed E-state index contributed by atoms with van der Waals surface area (Å²) in [4.78, 5) is 11.0. The van der Waals surface area contributed by atoms with E-state index in [0.29, 0.717) is 0 Å². The van der Waals surface area contributed by atoms with Crippen LogP contribution in [0.3, 0.4) is 0 Å². The van der Waals surface area contributed by atoms with Crippen molar-refractivity contribution in [2.45, 2.75) is 13.1 Å². The molecular weight excluding hydrogens is 313 g/mol. The molecule has 0 unspecified atom stereocenters. The lowest BCUT2D eigenvalue weighted by atomic mass is 10.1. The summed E-state index contributed by atoms with van der Waals surface area (Å²) in [7, 11) is 0. The molecule has 0 saturated heterocycles. The number of ether oxygens (including phenoxy) is 1. The van der Waals surface area contributed by atoms with Crippen LogP contribution in [0.15, 0.2) is 28.7 Å². The smallest absolute Gasteiger partial charge is 0.417 e. The van der Waals surface area contributed by atoms with E-state index in [1.165, 1.54) is 18.2 Å². The van der Waals surface area contributed by atoms with Gasteiger partial charge >= 0.3 is 12.1 Å². The average molecular weight is 323 g/mol. The maximum Gasteiger partial charge on any atom is 0.417 e. The Labute approximate surface area is 111 Å². The van der Waals surface area contributed by atoms with Gasteiger partial charge in [-0.15, -0.1) is 0 Å². The Morgan fingerprint density at radius 2 is 2.11 bits per heavy atom. The summed E-state index contributed by atoms with van der Waals surface area (Å²) in [6, 6.07) is 3.71. The van der Waals surface area contributed by atoms with Crippen molar-refractivity contribution < 1.29 is 22.7 Å². The second-order valence-corrected chi connectivity index (χ2v) is 4.18. The zero-order valence-electron chi connectivity index (χ0n) is 9.42. The lowest BCUT2D eigenvalue weighted by molar-refractivity contribution is -0.138. The van der Waals surface area contributed by atoms with E-state index in [9.17, 15) is 18.0 Å². The van der Waals surface area contributed by atoms with Crippen molar-refractivity contribution in [3.63, 3.8) is 0 Å². The monoisotopic (exact) mass is 322 g/mol. The van der Waals surface area contributed by atoms with E-state index in [1.807, 2.05) is 0 Å². The maximum absolute atomic E-state index is 12.6. The molecule has 18 heavy (non-hydrogen) atoms. The molecule has 0 radical (unpaired) electrons. The number of hydrogen-bond acceptors (Lipinski definition) is 2. The van der Waals surface area contributed by atoms with Crippen LogP contribution in [0.5, 0.6) is 0 Å². The first-order valence-corrected chi connectivity index (χ1v) is 5.85. The normalized spacial score (nSPS) is 11.8. The van der Waals surface area contributed by atoms with Crippen LogP contribution in [0.1, 0.15) is 18.1 Å². The van der Waals surface area contributed by atoms with Gasteiger partial charge in [0.1, 0.15) is 0 Å². The van der Waals surface area contributed by atoms with E-state index in [1.54, 1.807) is 6.92 Å². The molecule has 0 amide bonds. The van der Waals surface area contributed by atoms with E-state index in [-0.39, 0.29) is 16.6 Å². The van der Waals surface area contributed by atoms with Crippen LogP contribution in [-0.2, 0) is 15.7 Å². The first kappa shape index (κ1) is 14.8. The van der Waals surface area contributed by atoms with Gasteiger partial charge in [-0.05, 0) is 30.7 Å². The Morgan fingerprint density at radius 1 is 1.44 bits per heavy atom. The van der Waals surface area contributed by atoms with E-state index < -0.39 is 17.7 Å². The number of halogens is 4. The molecule has 0 atom stereocenters. The van der Waals surface area contributed by atoms with E-state index in [2.05, 4.69) is 20.7 Å². The highest BCUT2D eigenvalue weighted by Crippen LogP contribution is 2.35. The first-order valence-electron chi connectivity index (χ1n) is 5.06. The second-order valence-electron chi connectivity index (χ2n) is 3.32. The third-order valence-corrected chi connectivity index (χ3v) is 2.69. The third kappa shape index (κ3) is 4.18. The van der Waals surface area contributed by atoms with Gasteiger partial charge in [0.25, 0.3) is 0 Å². The van der Waals surface area contributed by atoms with Crippen LogP contribution < -0.4 is 0 Å². The highest BCUT2D eigenvalue weighted by Gasteiger charge is 2.32. The Bertz CT molecular complexity index is 467. The van der Waals surface area contributed by atoms with Gasteiger partial charge < -0.3 is 4.74 Å². The van der Waals surface area contributed by atoms with Gasteiger partial charge in [0.05, 0.1) is 12.2 Å². The van der Waals surface area contributed by atoms with Crippen molar-refractivity contribution >= 4 is 28.0 Å². The van der Waals surface area contributed by atoms with Gasteiger partial charge in [-0.1, -0.05) is 22.0 Å². The topological polar surface area (TPSA) is 26.3 Å². The summed E-state index contributed by atoms with van der Waals surface area (Å²) in [5.41, 5.74) is -0.507. The van der Waals surface area contributed by atoms with Crippen LogP contribution in [0.25, 0.3) is 6.08 Å². The molecule has 0 spiro atoms. The van der Waals surface area contributed by atoms with Crippen molar-refractivity contribution in [3.05, 3.63) is 39.9 Å². The van der Waals surface area contributed by atoms with Crippen LogP contribution in [0.4, 0.5) is 13.2 Å². The van der Waals surface area contributed by atoms with Gasteiger partial charge in [0.2, 0.25) is 0 Å². The standard InChI is InChI=1S/C12H10BrF3O2/c1-2-18-11(17)6-4-8-3-5-10(13)9(7-8)12(14,15)16/h3-7H,2H2,1H3/b6-4+. The SMILES string of the molecule is CCOC(=O)/C=C/c1ccc(Br)c(C(F)(F)F)c1. The molecule has 0 heterocycles. The summed E-state index contributed by atoms with van der Waals surface area (Å²) in [6.45, 7) is 1.87. The van der Waals surface area contributed by atoms with Crippen LogP contribution in [0.2, 0.25) is 0 Å². The Kier molecular flexibility index (Phi) is 4.95. The summed E-state index contributed by atoms with van der Waals surface area (Å²) in [6.07, 6.45) is -2.07. The molecule has 0 fully saturated rings. The largest absolute Gasteiger partial charge is 0.463 e. The summed E-state index contributed by atoms with van der Waals surface area (Å²) in [5, 5.41) is 0. The van der Waals surface area contributed by atoms with Crippen LogP contribution in [-0.4, -0.2) is 12.6 Å². The van der Waals surface area contributed by atoms with Gasteiger partial charge in [0, 0.05) is 10.5 Å². The maximum atomic E-state index is 12.6. The van der Waals surface area contributed by atoms with E-state index >= 15 is 0 Å². The molecule has 0 N–H and O–H groups in total. The minimum Gasteiger partial charge on any atom is -0.463 e. The minimum absolute atomic E-state index is 0.0386. The lowest BCUT2D eigenvalue weighted by Crippen LogP contribution is -2.06. The number of hydrogen-bond donors (Lipinski definition) is 0. The van der Waals surface area contributed by atoms with Crippen molar-refractivity contribution in [1.29, 1.82) is 0 Å². The number of esters is 1. The Morgan fingerprint density at radius 3 is 2.67 bits per heavy atom. The van der Waals surface area contributed by atoms with E-state index in [0.717, 1.165) is 12.1 Å². The molecule has 1 rings (SSSR count). The summed E-state index contributed by atoms with van der Waals surface area (Å²) < 4.78 is 42.4. The first-order chi connectivity index (χ1) is 8.34. The number of rotatable bonds is 3. The highest BCUT2D eigenvalue weighted by atomic mass is 79.9. The molecule has 0 bridgehead atoms. The second kappa shape index (κ2) is 6.04. The number of carbonyl (C=O) groups is 1. The molecule has 2 nitrogen and oxygen atoms in total. The molecule has 0 aliphatic heterocycles. The molecule has 98 valence electrons. The predicted molar refractivity (Wildman–Crippen MR) is 64.8 cm³/mol. The fourth-order valence-electron chi connectivity index (χ4n) is 1.22. The molecule has 6 heteroatoms. The van der Waals surface area contributed by atoms with Gasteiger partial charge in [-0.2, -0.15) is 13.2 Å². The minimum atomic E-state index is -4.44. The molecule has 0 aromatic heterocycles. The van der Waals surface area contributed by atoms with Gasteiger partial charge in [-0.3, -0.25) is 0 Å². The van der Waals surface area contributed by atoms with Crippen molar-refractivity contribution in [1.82, 2.24) is 0 Å². The van der Waals surface area contributed by atoms with Crippen LogP contribution in [0, 0.1) is 0 Å². The van der Waals surface area contributed by atoms with Crippen molar-refractivity contribution in [3.8, 4) is 0 Å². The Balaban J connectivity index is 2.96. The number of carbonyl (C=O) groups excluding carboxylic acids is 1. The molecule has 0 aliphatic rings. The zero-order chi connectivity index (χ0) is 13.8. The molecule has 1 aromatic carbocycles. The zero-order valence-corrected chi connectivity index (χ0v) is 11.0. The van der Waals surface area contributed by atoms with Crippen molar-refractivity contribution in [2.75, 3.05) is 6.61 Å². The number of benzene rings is 1. The fourth-order valence-corrected chi connectivity index (χ4v) is 1.69. The molecule has 0 aliphatic carbocycles. The summed E-state index contributed by atoms with van der Waals surface area (Å²) in [5.74, 6) is -0.589. The average Bonchev–Trinajstić information content (AvgIpc) is 2.27. The quantitative estimate of drug-likeness (QED) is 0.620. The molecule has 0 saturated carbocycles. The third-order valence-electron chi connectivity index (χ3n) is 1.99. The van der Waals surface area contributed by atoms with Crippen molar-refractivity contribution in [2.24, 2.45) is 0 Å². The Hall–Kier alpha value is -1.30. The van der Waals surface area contributed by atoms with E-state index in [4.69, 9.17) is 0 Å². The summed E-state index contributed by atoms with van der Waals surface area (Å²) >= 11 is 2.84. The lowest BCUT2D eigenvalue weighted by Gasteiger charge is -2.09. The fraction of sp³-hybridized carbons (Fsp3) is 0.250. The highest BCUT2D eigenvalue weighted by molar-refractivity contribution is 9.10. The predicted octanol–water partition coefficient (Wildman–Crippen LogP) is 4.04.